The third-order valence-electron chi connectivity index (χ3n) is 6.74. The Hall–Kier alpha value is -3.06. The molecule has 4 N–H and O–H groups in total. The summed E-state index contributed by atoms with van der Waals surface area (Å²) in [5, 5.41) is 4.14. The van der Waals surface area contributed by atoms with Gasteiger partial charge in [0.25, 0.3) is 0 Å². The van der Waals surface area contributed by atoms with Crippen LogP contribution in [0.5, 0.6) is 5.75 Å². The summed E-state index contributed by atoms with van der Waals surface area (Å²) >= 11 is 6.53. The third kappa shape index (κ3) is 2.00. The Balaban J connectivity index is 1.42. The summed E-state index contributed by atoms with van der Waals surface area (Å²) in [4.78, 5) is 24.2. The van der Waals surface area contributed by atoms with Crippen LogP contribution >= 0.6 is 11.6 Å². The Morgan fingerprint density at radius 2 is 2.10 bits per heavy atom. The normalized spacial score (nSPS) is 30.7. The zero-order valence-corrected chi connectivity index (χ0v) is 16.3. The summed E-state index contributed by atoms with van der Waals surface area (Å²) in [5.41, 5.74) is 8.34. The van der Waals surface area contributed by atoms with Crippen LogP contribution in [0, 0.1) is 23.7 Å². The largest absolute Gasteiger partial charge is 0.496 e. The number of H-pyrrole nitrogens is 1. The molecule has 1 unspecified atom stereocenters. The predicted molar refractivity (Wildman–Crippen MR) is 110 cm³/mol. The number of hydrogen-bond acceptors (Lipinski definition) is 5. The van der Waals surface area contributed by atoms with Crippen molar-refractivity contribution in [2.45, 2.75) is 5.54 Å². The predicted octanol–water partition coefficient (Wildman–Crippen LogP) is 2.98. The minimum Gasteiger partial charge on any atom is -0.496 e. The number of benzene rings is 1. The van der Waals surface area contributed by atoms with E-state index in [0.29, 0.717) is 22.4 Å². The number of hydrogen-bond donors (Lipinski definition) is 3. The standard InChI is InChI=1S/C21H18ClN5O2/c1-29-13-5-3-2-4-9(13)19-25-17-16(12(22)8-24-20(17)26-19)27-21-10-6-7-11(21)15(21)14(10)18(23)28/h2-8,10-11,14-15H,1H3,(H2,23,28)(H2,24,25,26,27)/t10-,11+,14-,15+,21?/m0/s1. The van der Waals surface area contributed by atoms with Crippen LogP contribution in [0.2, 0.25) is 5.02 Å². The number of carbonyl (C=O) groups is 1. The van der Waals surface area contributed by atoms with Crippen molar-refractivity contribution in [2.75, 3.05) is 12.4 Å². The number of amides is 1. The van der Waals surface area contributed by atoms with Crippen LogP contribution in [0.4, 0.5) is 5.69 Å². The maximum Gasteiger partial charge on any atom is 0.221 e. The first-order valence-corrected chi connectivity index (χ1v) is 9.87. The van der Waals surface area contributed by atoms with Gasteiger partial charge in [0, 0.05) is 17.8 Å². The van der Waals surface area contributed by atoms with E-state index in [-0.39, 0.29) is 29.2 Å². The van der Waals surface area contributed by atoms with E-state index in [0.717, 1.165) is 22.5 Å². The highest BCUT2D eigenvalue weighted by Crippen LogP contribution is 2.76. The number of pyridine rings is 1. The number of carbonyl (C=O) groups excluding carboxylic acids is 1. The Bertz CT molecular complexity index is 1220. The quantitative estimate of drug-likeness (QED) is 0.564. The molecule has 0 radical (unpaired) electrons. The molecule has 0 spiro atoms. The van der Waals surface area contributed by atoms with Crippen molar-refractivity contribution < 1.29 is 9.53 Å². The van der Waals surface area contributed by atoms with Crippen molar-refractivity contribution in [2.24, 2.45) is 29.4 Å². The monoisotopic (exact) mass is 407 g/mol. The van der Waals surface area contributed by atoms with Gasteiger partial charge in [-0.3, -0.25) is 4.79 Å². The molecule has 2 fully saturated rings. The minimum atomic E-state index is -0.227. The number of nitrogens with one attached hydrogen (secondary N) is 2. The molecule has 0 bridgehead atoms. The highest BCUT2D eigenvalue weighted by Gasteiger charge is 2.83. The van der Waals surface area contributed by atoms with Crippen LogP contribution in [0.25, 0.3) is 22.6 Å². The SMILES string of the molecule is COc1ccccc1-c1nc2ncc(Cl)c(NC34[C@H]5[C@@H](C(N)=O)[C@@H]3C=C[C@H]54)c2[nH]1. The maximum atomic E-state index is 11.8. The number of nitrogens with zero attached hydrogens (tertiary/aromatic N) is 2. The summed E-state index contributed by atoms with van der Waals surface area (Å²) in [6.45, 7) is 0. The van der Waals surface area contributed by atoms with E-state index >= 15 is 0 Å². The van der Waals surface area contributed by atoms with E-state index in [1.165, 1.54) is 0 Å². The molecule has 2 aromatic heterocycles. The van der Waals surface area contributed by atoms with Crippen LogP contribution in [0.1, 0.15) is 0 Å². The molecule has 29 heavy (non-hydrogen) atoms. The Morgan fingerprint density at radius 1 is 1.31 bits per heavy atom. The lowest BCUT2D eigenvalue weighted by molar-refractivity contribution is -0.126. The number of rotatable bonds is 5. The first-order chi connectivity index (χ1) is 14.1. The van der Waals surface area contributed by atoms with E-state index in [1.807, 2.05) is 24.3 Å². The van der Waals surface area contributed by atoms with Crippen molar-refractivity contribution >= 4 is 34.4 Å². The van der Waals surface area contributed by atoms with Crippen molar-refractivity contribution in [3.63, 3.8) is 0 Å². The van der Waals surface area contributed by atoms with Gasteiger partial charge < -0.3 is 20.8 Å². The molecule has 3 aliphatic rings. The number of nitrogens with two attached hydrogens (primary N) is 1. The van der Waals surface area contributed by atoms with Crippen molar-refractivity contribution in [3.05, 3.63) is 47.6 Å². The first kappa shape index (κ1) is 16.9. The number of halogens is 1. The zero-order valence-electron chi connectivity index (χ0n) is 15.5. The molecule has 0 saturated heterocycles. The number of ether oxygens (including phenoxy) is 1. The van der Waals surface area contributed by atoms with Crippen molar-refractivity contribution in [1.29, 1.82) is 0 Å². The van der Waals surface area contributed by atoms with Gasteiger partial charge >= 0.3 is 0 Å². The molecule has 3 aromatic rings. The highest BCUT2D eigenvalue weighted by molar-refractivity contribution is 6.34. The summed E-state index contributed by atoms with van der Waals surface area (Å²) in [6.07, 6.45) is 5.89. The summed E-state index contributed by atoms with van der Waals surface area (Å²) < 4.78 is 5.46. The lowest BCUT2D eigenvalue weighted by atomic mass is 9.68. The number of aromatic nitrogens is 3. The molecule has 1 amide bonds. The summed E-state index contributed by atoms with van der Waals surface area (Å²) in [7, 11) is 1.63. The molecule has 8 heteroatoms. The van der Waals surface area contributed by atoms with Gasteiger partial charge in [0.2, 0.25) is 5.91 Å². The average Bonchev–Trinajstić information content (AvgIpc) is 3.02. The number of aromatic amines is 1. The molecular formula is C21H18ClN5O2. The molecule has 6 rings (SSSR count). The molecule has 2 heterocycles. The number of fused-ring (bicyclic) bond motifs is 2. The smallest absolute Gasteiger partial charge is 0.221 e. The van der Waals surface area contributed by atoms with Crippen LogP contribution in [-0.4, -0.2) is 33.5 Å². The molecule has 7 nitrogen and oxygen atoms in total. The number of anilines is 1. The third-order valence-corrected chi connectivity index (χ3v) is 7.02. The van der Waals surface area contributed by atoms with Crippen molar-refractivity contribution in [1.82, 2.24) is 15.0 Å². The fraction of sp³-hybridized carbons (Fsp3) is 0.286. The lowest BCUT2D eigenvalue weighted by Gasteiger charge is -2.41. The number of methoxy groups -OCH3 is 1. The second-order valence-corrected chi connectivity index (χ2v) is 8.32. The van der Waals surface area contributed by atoms with Crippen LogP contribution in [0.15, 0.2) is 42.6 Å². The van der Waals surface area contributed by atoms with Gasteiger partial charge in [-0.1, -0.05) is 35.9 Å². The van der Waals surface area contributed by atoms with Gasteiger partial charge in [0.15, 0.2) is 5.65 Å². The number of primary amides is 1. The topological polar surface area (TPSA) is 106 Å². The molecule has 5 atom stereocenters. The van der Waals surface area contributed by atoms with Crippen LogP contribution in [-0.2, 0) is 4.79 Å². The minimum absolute atomic E-state index is 0.0977. The zero-order chi connectivity index (χ0) is 19.9. The Morgan fingerprint density at radius 3 is 2.86 bits per heavy atom. The van der Waals surface area contributed by atoms with Crippen molar-refractivity contribution in [3.8, 4) is 17.1 Å². The molecule has 0 aliphatic heterocycles. The number of imidazole rings is 1. The molecule has 1 aromatic carbocycles. The summed E-state index contributed by atoms with van der Waals surface area (Å²) in [6, 6.07) is 7.67. The Labute approximate surface area is 171 Å². The fourth-order valence-electron chi connectivity index (χ4n) is 5.47. The Kier molecular flexibility index (Phi) is 3.20. The average molecular weight is 408 g/mol. The second kappa shape index (κ2) is 5.51. The van der Waals surface area contributed by atoms with Gasteiger partial charge in [0.05, 0.1) is 41.0 Å². The van der Waals surface area contributed by atoms with Crippen LogP contribution in [0.3, 0.4) is 0 Å². The van der Waals surface area contributed by atoms with Crippen LogP contribution < -0.4 is 15.8 Å². The van der Waals surface area contributed by atoms with Gasteiger partial charge in [-0.15, -0.1) is 0 Å². The summed E-state index contributed by atoms with van der Waals surface area (Å²) in [5.74, 6) is 1.69. The molecule has 2 saturated carbocycles. The fourth-order valence-corrected chi connectivity index (χ4v) is 5.66. The van der Waals surface area contributed by atoms with Gasteiger partial charge in [-0.05, 0) is 12.1 Å². The van der Waals surface area contributed by atoms with E-state index in [2.05, 4.69) is 32.4 Å². The van der Waals surface area contributed by atoms with E-state index < -0.39 is 0 Å². The highest BCUT2D eigenvalue weighted by atomic mass is 35.5. The molecule has 146 valence electrons. The van der Waals surface area contributed by atoms with E-state index in [1.54, 1.807) is 13.3 Å². The van der Waals surface area contributed by atoms with Gasteiger partial charge in [-0.25, -0.2) is 9.97 Å². The van der Waals surface area contributed by atoms with Gasteiger partial charge in [-0.2, -0.15) is 0 Å². The van der Waals surface area contributed by atoms with E-state index in [4.69, 9.17) is 22.1 Å². The maximum absolute atomic E-state index is 11.8. The molecule has 3 aliphatic carbocycles. The number of para-hydroxylation sites is 1. The first-order valence-electron chi connectivity index (χ1n) is 9.49. The van der Waals surface area contributed by atoms with E-state index in [9.17, 15) is 4.79 Å². The second-order valence-electron chi connectivity index (χ2n) is 7.91. The molecular weight excluding hydrogens is 390 g/mol. The van der Waals surface area contributed by atoms with Gasteiger partial charge in [0.1, 0.15) is 17.1 Å². The lowest BCUT2D eigenvalue weighted by Crippen LogP contribution is -2.52.